The zero-order valence-corrected chi connectivity index (χ0v) is 12.6. The van der Waals surface area contributed by atoms with Crippen LogP contribution in [0.3, 0.4) is 0 Å². The molecule has 2 heterocycles. The van der Waals surface area contributed by atoms with Gasteiger partial charge in [0.05, 0.1) is 0 Å². The Morgan fingerprint density at radius 1 is 1.00 bits per heavy atom. The Morgan fingerprint density at radius 2 is 1.86 bits per heavy atom. The van der Waals surface area contributed by atoms with Crippen LogP contribution in [0.15, 0.2) is 59.1 Å². The lowest BCUT2D eigenvalue weighted by molar-refractivity contribution is -0.660. The van der Waals surface area contributed by atoms with Crippen LogP contribution in [-0.4, -0.2) is 0 Å². The van der Waals surface area contributed by atoms with Gasteiger partial charge in [0.15, 0.2) is 6.20 Å². The van der Waals surface area contributed by atoms with E-state index in [0.29, 0.717) is 5.56 Å². The molecule has 0 aliphatic heterocycles. The largest absolute Gasteiger partial charge is 0.456 e. The van der Waals surface area contributed by atoms with Gasteiger partial charge in [-0.2, -0.15) is 0 Å². The fourth-order valence-electron chi connectivity index (χ4n) is 3.04. The van der Waals surface area contributed by atoms with Crippen LogP contribution in [0, 0.1) is 13.8 Å². The van der Waals surface area contributed by atoms with E-state index in [4.69, 9.17) is 8.53 Å². The van der Waals surface area contributed by atoms with Crippen molar-refractivity contribution in [1.82, 2.24) is 0 Å². The van der Waals surface area contributed by atoms with E-state index < -0.39 is 6.85 Å². The first-order chi connectivity index (χ1) is 11.8. The van der Waals surface area contributed by atoms with Gasteiger partial charge in [0.25, 0.3) is 0 Å². The molecule has 0 radical (unpaired) electrons. The summed E-state index contributed by atoms with van der Waals surface area (Å²) >= 11 is 0. The number of hydrogen-bond acceptors (Lipinski definition) is 1. The zero-order valence-electron chi connectivity index (χ0n) is 15.6. The highest BCUT2D eigenvalue weighted by Gasteiger charge is 2.16. The van der Waals surface area contributed by atoms with Crippen LogP contribution in [0.25, 0.3) is 33.2 Å². The topological polar surface area (TPSA) is 17.0 Å². The number of pyridine rings is 1. The van der Waals surface area contributed by atoms with E-state index in [1.54, 1.807) is 12.3 Å². The third kappa shape index (κ3) is 1.92. The molecule has 0 saturated heterocycles. The van der Waals surface area contributed by atoms with E-state index in [1.807, 2.05) is 48.9 Å². The Bertz CT molecular complexity index is 1110. The summed E-state index contributed by atoms with van der Waals surface area (Å²) in [6.07, 6.45) is 1.68. The number of aryl methyl sites for hydroxylation is 3. The molecule has 22 heavy (non-hydrogen) atoms. The summed E-state index contributed by atoms with van der Waals surface area (Å²) in [5.41, 5.74) is 5.20. The molecule has 0 aliphatic carbocycles. The summed E-state index contributed by atoms with van der Waals surface area (Å²) in [5.74, 6) is 0. The number of fused-ring (bicyclic) bond motifs is 3. The van der Waals surface area contributed by atoms with E-state index in [9.17, 15) is 0 Å². The van der Waals surface area contributed by atoms with Crippen molar-refractivity contribution in [3.63, 3.8) is 0 Å². The van der Waals surface area contributed by atoms with Gasteiger partial charge < -0.3 is 4.42 Å². The second-order valence-electron chi connectivity index (χ2n) is 5.68. The maximum atomic E-state index is 7.57. The highest BCUT2D eigenvalue weighted by Crippen LogP contribution is 2.33. The molecule has 0 bridgehead atoms. The van der Waals surface area contributed by atoms with E-state index in [1.165, 1.54) is 0 Å². The molecule has 4 aromatic rings. The average Bonchev–Trinajstić information content (AvgIpc) is 2.90. The van der Waals surface area contributed by atoms with Gasteiger partial charge in [-0.15, -0.1) is 0 Å². The number of nitrogens with zero attached hydrogens (tertiary/aromatic N) is 1. The minimum Gasteiger partial charge on any atom is -0.456 e. The second kappa shape index (κ2) is 4.70. The molecule has 4 rings (SSSR count). The van der Waals surface area contributed by atoms with E-state index in [-0.39, 0.29) is 0 Å². The van der Waals surface area contributed by atoms with Crippen LogP contribution in [-0.2, 0) is 7.05 Å². The summed E-state index contributed by atoms with van der Waals surface area (Å²) in [7, 11) is 1.88. The first-order valence-electron chi connectivity index (χ1n) is 8.77. The minimum atomic E-state index is -2.10. The Balaban J connectivity index is 1.94. The molecule has 0 N–H and O–H groups in total. The molecule has 0 aliphatic rings. The molecule has 0 spiro atoms. The van der Waals surface area contributed by atoms with Gasteiger partial charge in [-0.05, 0) is 43.6 Å². The number of benzene rings is 2. The molecule has 0 fully saturated rings. The fraction of sp³-hybridized carbons (Fsp3) is 0.150. The van der Waals surface area contributed by atoms with Crippen LogP contribution >= 0.6 is 0 Å². The SMILES string of the molecule is [2H]C([2H])([2H])c1ccc(-c2cc3c(cc2C)oc2ccccc23)[n+](C)c1. The Hall–Kier alpha value is -2.61. The summed E-state index contributed by atoms with van der Waals surface area (Å²) < 4.78 is 30.5. The van der Waals surface area contributed by atoms with E-state index >= 15 is 0 Å². The summed E-state index contributed by atoms with van der Waals surface area (Å²) in [5, 5.41) is 2.15. The Kier molecular flexibility index (Phi) is 2.17. The van der Waals surface area contributed by atoms with Crippen LogP contribution in [0.2, 0.25) is 0 Å². The first-order valence-corrected chi connectivity index (χ1v) is 7.27. The second-order valence-corrected chi connectivity index (χ2v) is 5.68. The van der Waals surface area contributed by atoms with E-state index in [0.717, 1.165) is 38.8 Å². The lowest BCUT2D eigenvalue weighted by Gasteiger charge is -2.05. The Morgan fingerprint density at radius 3 is 2.68 bits per heavy atom. The van der Waals surface area contributed by atoms with Crippen molar-refractivity contribution in [1.29, 1.82) is 0 Å². The van der Waals surface area contributed by atoms with Crippen LogP contribution < -0.4 is 4.57 Å². The zero-order chi connectivity index (χ0) is 17.8. The maximum absolute atomic E-state index is 7.57. The van der Waals surface area contributed by atoms with Gasteiger partial charge in [0.1, 0.15) is 18.2 Å². The normalized spacial score (nSPS) is 14.0. The monoisotopic (exact) mass is 291 g/mol. The van der Waals surface area contributed by atoms with E-state index in [2.05, 4.69) is 12.1 Å². The molecular formula is C20H18NO+. The number of para-hydroxylation sites is 1. The quantitative estimate of drug-likeness (QED) is 0.465. The molecule has 0 amide bonds. The summed E-state index contributed by atoms with van der Waals surface area (Å²) in [6, 6.07) is 15.7. The lowest BCUT2D eigenvalue weighted by Crippen LogP contribution is -2.31. The predicted molar refractivity (Wildman–Crippen MR) is 89.8 cm³/mol. The Labute approximate surface area is 133 Å². The van der Waals surface area contributed by atoms with Crippen LogP contribution in [0.4, 0.5) is 0 Å². The lowest BCUT2D eigenvalue weighted by atomic mass is 10.0. The van der Waals surface area contributed by atoms with Crippen LogP contribution in [0.1, 0.15) is 15.2 Å². The summed E-state index contributed by atoms with van der Waals surface area (Å²) in [4.78, 5) is 0. The van der Waals surface area contributed by atoms with Crippen molar-refractivity contribution in [2.45, 2.75) is 13.8 Å². The highest BCUT2D eigenvalue weighted by atomic mass is 16.3. The van der Waals surface area contributed by atoms with Gasteiger partial charge >= 0.3 is 0 Å². The minimum absolute atomic E-state index is 0.339. The predicted octanol–water partition coefficient (Wildman–Crippen LogP) is 4.69. The number of hydrogen-bond donors (Lipinski definition) is 0. The third-order valence-electron chi connectivity index (χ3n) is 4.13. The molecule has 2 heteroatoms. The molecule has 108 valence electrons. The van der Waals surface area contributed by atoms with Crippen molar-refractivity contribution < 1.29 is 13.1 Å². The number of furan rings is 1. The first kappa shape index (κ1) is 10.2. The molecule has 2 nitrogen and oxygen atoms in total. The van der Waals surface area contributed by atoms with Gasteiger partial charge in [-0.3, -0.25) is 0 Å². The summed E-state index contributed by atoms with van der Waals surface area (Å²) in [6.45, 7) is -0.0598. The molecule has 0 atom stereocenters. The smallest absolute Gasteiger partial charge is 0.212 e. The van der Waals surface area contributed by atoms with Gasteiger partial charge in [-0.25, -0.2) is 4.57 Å². The number of aromatic nitrogens is 1. The molecule has 0 unspecified atom stereocenters. The third-order valence-corrected chi connectivity index (χ3v) is 4.13. The standard InChI is InChI=1S/C20H18NO/c1-13-8-9-18(21(3)12-13)16-11-17-15-6-4-5-7-19(15)22-20(17)10-14(16)2/h4-12H,1-3H3/q+1/i1D3. The van der Waals surface area contributed by atoms with Gasteiger partial charge in [-0.1, -0.05) is 18.2 Å². The number of rotatable bonds is 1. The maximum Gasteiger partial charge on any atom is 0.212 e. The molecule has 2 aromatic carbocycles. The molecule has 2 aromatic heterocycles. The molecular weight excluding hydrogens is 270 g/mol. The molecule has 0 saturated carbocycles. The van der Waals surface area contributed by atoms with Gasteiger partial charge in [0.2, 0.25) is 5.69 Å². The van der Waals surface area contributed by atoms with Crippen molar-refractivity contribution >= 4 is 21.9 Å². The fourth-order valence-corrected chi connectivity index (χ4v) is 3.04. The van der Waals surface area contributed by atoms with Crippen molar-refractivity contribution in [3.8, 4) is 11.3 Å². The van der Waals surface area contributed by atoms with Crippen molar-refractivity contribution in [2.75, 3.05) is 0 Å². The van der Waals surface area contributed by atoms with Gasteiger partial charge in [0, 0.05) is 32.1 Å². The highest BCUT2D eigenvalue weighted by molar-refractivity contribution is 6.06. The van der Waals surface area contributed by atoms with Crippen molar-refractivity contribution in [2.24, 2.45) is 7.05 Å². The van der Waals surface area contributed by atoms with Crippen LogP contribution in [0.5, 0.6) is 0 Å². The van der Waals surface area contributed by atoms with Crippen molar-refractivity contribution in [3.05, 3.63) is 65.9 Å². The average molecular weight is 291 g/mol.